The average molecular weight is 461 g/mol. The van der Waals surface area contributed by atoms with Crippen LogP contribution in [0.15, 0.2) is 36.5 Å². The maximum Gasteiger partial charge on any atom is 0.264 e. The third kappa shape index (κ3) is 4.35. The van der Waals surface area contributed by atoms with Crippen molar-refractivity contribution in [3.63, 3.8) is 0 Å². The fourth-order valence-corrected chi connectivity index (χ4v) is 4.28. The third-order valence-corrected chi connectivity index (χ3v) is 6.08. The summed E-state index contributed by atoms with van der Waals surface area (Å²) in [6, 6.07) is 6.37. The van der Waals surface area contributed by atoms with Gasteiger partial charge in [-0.1, -0.05) is 6.07 Å². The number of pyridine rings is 1. The minimum atomic E-state index is -3.06. The Labute approximate surface area is 189 Å². The van der Waals surface area contributed by atoms with E-state index in [1.54, 1.807) is 6.07 Å². The molecule has 6 N–H and O–H groups in total. The van der Waals surface area contributed by atoms with Crippen molar-refractivity contribution in [1.29, 1.82) is 0 Å². The lowest BCUT2D eigenvalue weighted by Gasteiger charge is -2.36. The number of primary amides is 1. The van der Waals surface area contributed by atoms with Crippen LogP contribution in [0, 0.1) is 5.82 Å². The van der Waals surface area contributed by atoms with Crippen LogP contribution in [0.3, 0.4) is 0 Å². The molecule has 3 aromatic rings. The minimum absolute atomic E-state index is 0.0207. The summed E-state index contributed by atoms with van der Waals surface area (Å²) in [5, 5.41) is 6.66. The number of nitrogens with two attached hydrogens (primary N) is 2. The van der Waals surface area contributed by atoms with Crippen molar-refractivity contribution in [2.24, 2.45) is 11.5 Å². The molecule has 0 bridgehead atoms. The monoisotopic (exact) mass is 460 g/mol. The fourth-order valence-electron chi connectivity index (χ4n) is 4.28. The molecule has 0 aliphatic heterocycles. The number of fused-ring (bicyclic) bond motifs is 1. The molecule has 2 aromatic heterocycles. The van der Waals surface area contributed by atoms with Gasteiger partial charge in [0.1, 0.15) is 5.82 Å². The smallest absolute Gasteiger partial charge is 0.264 e. The van der Waals surface area contributed by atoms with Gasteiger partial charge in [-0.2, -0.15) is 0 Å². The van der Waals surface area contributed by atoms with E-state index in [1.807, 2.05) is 24.4 Å². The van der Waals surface area contributed by atoms with Crippen LogP contribution >= 0.6 is 0 Å². The van der Waals surface area contributed by atoms with Crippen LogP contribution in [-0.2, 0) is 0 Å². The maximum absolute atomic E-state index is 14.8. The second kappa shape index (κ2) is 8.58. The standard InChI is InChI=1S/C23H27F3N6O/c1-12(2)32-10-8-13-16(5-3-7-18(13)32)29-21-14(20(28)33)11-15(24)22(31-21)30-17-6-4-9-23(25,26)19(17)27/h3,5,7-8,10-12,17,19H,4,6,9,27H2,1-2H3,(H2,28,33)(H2,29,30,31)/t17-,19-/m1/s1. The number of amides is 1. The number of hydrogen-bond acceptors (Lipinski definition) is 5. The Morgan fingerprint density at radius 2 is 2.03 bits per heavy atom. The molecule has 0 radical (unpaired) electrons. The molecule has 4 rings (SSSR count). The predicted molar refractivity (Wildman–Crippen MR) is 123 cm³/mol. The Kier molecular flexibility index (Phi) is 5.96. The van der Waals surface area contributed by atoms with Gasteiger partial charge in [-0.15, -0.1) is 0 Å². The van der Waals surface area contributed by atoms with Crippen molar-refractivity contribution >= 4 is 34.1 Å². The van der Waals surface area contributed by atoms with E-state index in [-0.39, 0.29) is 36.1 Å². The molecule has 1 aliphatic carbocycles. The number of hydrogen-bond donors (Lipinski definition) is 4. The number of nitrogens with zero attached hydrogens (tertiary/aromatic N) is 2. The van der Waals surface area contributed by atoms with Gasteiger partial charge in [0.15, 0.2) is 11.6 Å². The van der Waals surface area contributed by atoms with E-state index in [0.717, 1.165) is 17.0 Å². The molecule has 7 nitrogen and oxygen atoms in total. The Hall–Kier alpha value is -3.27. The zero-order chi connectivity index (χ0) is 23.9. The average Bonchev–Trinajstić information content (AvgIpc) is 3.19. The summed E-state index contributed by atoms with van der Waals surface area (Å²) >= 11 is 0. The van der Waals surface area contributed by atoms with Crippen LogP contribution in [0.2, 0.25) is 0 Å². The summed E-state index contributed by atoms with van der Waals surface area (Å²) < 4.78 is 44.9. The molecule has 10 heteroatoms. The number of halogens is 3. The molecule has 1 fully saturated rings. The van der Waals surface area contributed by atoms with E-state index in [0.29, 0.717) is 12.1 Å². The van der Waals surface area contributed by atoms with Gasteiger partial charge in [0.05, 0.1) is 17.1 Å². The Bertz CT molecular complexity index is 1190. The van der Waals surface area contributed by atoms with Crippen molar-refractivity contribution in [2.75, 3.05) is 10.6 Å². The fraction of sp³-hybridized carbons (Fsp3) is 0.391. The van der Waals surface area contributed by atoms with E-state index in [1.165, 1.54) is 0 Å². The third-order valence-electron chi connectivity index (χ3n) is 6.08. The van der Waals surface area contributed by atoms with Gasteiger partial charge in [0.2, 0.25) is 0 Å². The van der Waals surface area contributed by atoms with Gasteiger partial charge in [-0.05, 0) is 51.0 Å². The zero-order valence-electron chi connectivity index (χ0n) is 18.4. The quantitative estimate of drug-likeness (QED) is 0.432. The lowest BCUT2D eigenvalue weighted by Crippen LogP contribution is -2.55. The molecule has 2 heterocycles. The predicted octanol–water partition coefficient (Wildman–Crippen LogP) is 4.53. The molecule has 1 saturated carbocycles. The first kappa shape index (κ1) is 22.9. The zero-order valence-corrected chi connectivity index (χ0v) is 18.4. The number of benzene rings is 1. The molecule has 0 saturated heterocycles. The van der Waals surface area contributed by atoms with Gasteiger partial charge in [0, 0.05) is 35.8 Å². The molecular weight excluding hydrogens is 433 g/mol. The second-order valence-corrected chi connectivity index (χ2v) is 8.69. The highest BCUT2D eigenvalue weighted by Crippen LogP contribution is 2.35. The van der Waals surface area contributed by atoms with Gasteiger partial charge in [-0.3, -0.25) is 4.79 Å². The van der Waals surface area contributed by atoms with Gasteiger partial charge in [-0.25, -0.2) is 18.2 Å². The lowest BCUT2D eigenvalue weighted by atomic mass is 9.87. The number of carbonyl (C=O) groups is 1. The highest BCUT2D eigenvalue weighted by Gasteiger charge is 2.45. The van der Waals surface area contributed by atoms with Crippen molar-refractivity contribution in [2.45, 2.75) is 57.2 Å². The SMILES string of the molecule is CC(C)n1ccc2c(Nc3nc(N[C@@H]4CCCC(F)(F)[C@@H]4N)c(F)cc3C(N)=O)cccc21. The number of aromatic nitrogens is 2. The Morgan fingerprint density at radius 1 is 1.27 bits per heavy atom. The number of carbonyl (C=O) groups excluding carboxylic acids is 1. The number of rotatable bonds is 6. The number of anilines is 3. The normalized spacial score (nSPS) is 20.2. The number of alkyl halides is 2. The van der Waals surface area contributed by atoms with Crippen LogP contribution < -0.4 is 22.1 Å². The summed E-state index contributed by atoms with van der Waals surface area (Å²) in [6.07, 6.45) is 2.24. The Morgan fingerprint density at radius 3 is 2.73 bits per heavy atom. The van der Waals surface area contributed by atoms with E-state index >= 15 is 0 Å². The highest BCUT2D eigenvalue weighted by atomic mass is 19.3. The first-order valence-electron chi connectivity index (χ1n) is 10.9. The second-order valence-electron chi connectivity index (χ2n) is 8.69. The van der Waals surface area contributed by atoms with Gasteiger partial charge in [0.25, 0.3) is 11.8 Å². The van der Waals surface area contributed by atoms with Gasteiger partial charge < -0.3 is 26.7 Å². The highest BCUT2D eigenvalue weighted by molar-refractivity contribution is 6.01. The molecular formula is C23H27F3N6O. The lowest BCUT2D eigenvalue weighted by molar-refractivity contribution is -0.0555. The first-order valence-corrected chi connectivity index (χ1v) is 10.9. The summed E-state index contributed by atoms with van der Waals surface area (Å²) in [5.41, 5.74) is 12.6. The van der Waals surface area contributed by atoms with Crippen LogP contribution in [0.4, 0.5) is 30.5 Å². The van der Waals surface area contributed by atoms with E-state index in [4.69, 9.17) is 11.5 Å². The summed E-state index contributed by atoms with van der Waals surface area (Å²) in [4.78, 5) is 16.2. The minimum Gasteiger partial charge on any atom is -0.365 e. The molecule has 1 aromatic carbocycles. The summed E-state index contributed by atoms with van der Waals surface area (Å²) in [5.74, 6) is -5.05. The molecule has 1 aliphatic rings. The maximum atomic E-state index is 14.8. The molecule has 2 atom stereocenters. The van der Waals surface area contributed by atoms with Crippen molar-refractivity contribution in [1.82, 2.24) is 9.55 Å². The van der Waals surface area contributed by atoms with Crippen molar-refractivity contribution < 1.29 is 18.0 Å². The van der Waals surface area contributed by atoms with E-state index < -0.39 is 29.7 Å². The van der Waals surface area contributed by atoms with Crippen LogP contribution in [0.25, 0.3) is 10.9 Å². The van der Waals surface area contributed by atoms with Crippen LogP contribution in [0.5, 0.6) is 0 Å². The molecule has 33 heavy (non-hydrogen) atoms. The topological polar surface area (TPSA) is 111 Å². The van der Waals surface area contributed by atoms with Gasteiger partial charge >= 0.3 is 0 Å². The first-order chi connectivity index (χ1) is 15.6. The van der Waals surface area contributed by atoms with E-state index in [2.05, 4.69) is 34.0 Å². The van der Waals surface area contributed by atoms with Crippen LogP contribution in [-0.4, -0.2) is 33.5 Å². The largest absolute Gasteiger partial charge is 0.365 e. The summed E-state index contributed by atoms with van der Waals surface area (Å²) in [6.45, 7) is 4.12. The molecule has 176 valence electrons. The number of nitrogens with one attached hydrogen (secondary N) is 2. The molecule has 0 unspecified atom stereocenters. The molecule has 0 spiro atoms. The van der Waals surface area contributed by atoms with Crippen LogP contribution in [0.1, 0.15) is 49.5 Å². The van der Waals surface area contributed by atoms with Crippen molar-refractivity contribution in [3.05, 3.63) is 47.9 Å². The van der Waals surface area contributed by atoms with Crippen molar-refractivity contribution in [3.8, 4) is 0 Å². The summed E-state index contributed by atoms with van der Waals surface area (Å²) in [7, 11) is 0. The van der Waals surface area contributed by atoms with E-state index in [9.17, 15) is 18.0 Å². The Balaban J connectivity index is 1.71. The molecule has 1 amide bonds.